The largest absolute Gasteiger partial charge is 0.481 e. The Bertz CT molecular complexity index is 440. The van der Waals surface area contributed by atoms with Crippen LogP contribution >= 0.6 is 11.8 Å². The number of nitriles is 1. The quantitative estimate of drug-likeness (QED) is 0.811. The predicted molar refractivity (Wildman–Crippen MR) is 61.3 cm³/mol. The van der Waals surface area contributed by atoms with Crippen LogP contribution in [0.5, 0.6) is 0 Å². The van der Waals surface area contributed by atoms with Crippen LogP contribution in [0.25, 0.3) is 0 Å². The van der Waals surface area contributed by atoms with Crippen LogP contribution in [0.2, 0.25) is 0 Å². The minimum Gasteiger partial charge on any atom is -0.481 e. The Morgan fingerprint density at radius 3 is 2.94 bits per heavy atom. The van der Waals surface area contributed by atoms with Crippen molar-refractivity contribution in [2.75, 3.05) is 0 Å². The van der Waals surface area contributed by atoms with Crippen LogP contribution in [-0.4, -0.2) is 21.3 Å². The lowest BCUT2D eigenvalue weighted by atomic mass is 10.2. The van der Waals surface area contributed by atoms with E-state index in [0.29, 0.717) is 10.6 Å². The first kappa shape index (κ1) is 12.5. The molecule has 1 unspecified atom stereocenters. The summed E-state index contributed by atoms with van der Waals surface area (Å²) in [6, 6.07) is 5.43. The van der Waals surface area contributed by atoms with Crippen LogP contribution in [0.3, 0.4) is 0 Å². The molecule has 84 valence electrons. The third kappa shape index (κ3) is 3.91. The zero-order chi connectivity index (χ0) is 12.1. The molecule has 1 rings (SSSR count). The minimum absolute atomic E-state index is 0.0571. The molecule has 1 aromatic heterocycles. The number of carboxylic acids is 1. The van der Waals surface area contributed by atoms with Crippen LogP contribution in [0.15, 0.2) is 17.2 Å². The van der Waals surface area contributed by atoms with Crippen molar-refractivity contribution in [3.8, 4) is 6.07 Å². The van der Waals surface area contributed by atoms with E-state index in [1.54, 1.807) is 12.1 Å². The number of pyridine rings is 1. The van der Waals surface area contributed by atoms with Gasteiger partial charge in [-0.15, -0.1) is 11.8 Å². The summed E-state index contributed by atoms with van der Waals surface area (Å²) in [6.07, 6.45) is 0.0855. The molecule has 0 aromatic carbocycles. The minimum atomic E-state index is -0.826. The monoisotopic (exact) mass is 236 g/mol. The van der Waals surface area contributed by atoms with Crippen molar-refractivity contribution in [2.24, 2.45) is 0 Å². The molecule has 1 aromatic rings. The van der Waals surface area contributed by atoms with Gasteiger partial charge in [-0.05, 0) is 19.1 Å². The van der Waals surface area contributed by atoms with Gasteiger partial charge in [0.25, 0.3) is 0 Å². The van der Waals surface area contributed by atoms with Crippen molar-refractivity contribution in [1.29, 1.82) is 5.26 Å². The van der Waals surface area contributed by atoms with Gasteiger partial charge >= 0.3 is 5.97 Å². The zero-order valence-electron chi connectivity index (χ0n) is 9.10. The van der Waals surface area contributed by atoms with E-state index in [2.05, 4.69) is 11.1 Å². The molecule has 1 N–H and O–H groups in total. The highest BCUT2D eigenvalue weighted by Gasteiger charge is 2.10. The lowest BCUT2D eigenvalue weighted by molar-refractivity contribution is -0.136. The fourth-order valence-corrected chi connectivity index (χ4v) is 2.29. The van der Waals surface area contributed by atoms with Crippen LogP contribution in [0.1, 0.15) is 24.6 Å². The highest BCUT2D eigenvalue weighted by atomic mass is 32.2. The number of carboxylic acid groups (broad SMARTS) is 1. The van der Waals surface area contributed by atoms with Crippen molar-refractivity contribution >= 4 is 17.7 Å². The van der Waals surface area contributed by atoms with Crippen molar-refractivity contribution in [3.05, 3.63) is 23.4 Å². The summed E-state index contributed by atoms with van der Waals surface area (Å²) >= 11 is 1.37. The highest BCUT2D eigenvalue weighted by Crippen LogP contribution is 2.24. The number of hydrogen-bond acceptors (Lipinski definition) is 4. The van der Waals surface area contributed by atoms with Crippen molar-refractivity contribution < 1.29 is 9.90 Å². The molecule has 0 spiro atoms. The molecule has 0 amide bonds. The molecular formula is C11H12N2O2S. The molecule has 4 nitrogen and oxygen atoms in total. The number of aliphatic carboxylic acids is 1. The van der Waals surface area contributed by atoms with Crippen molar-refractivity contribution in [3.63, 3.8) is 0 Å². The van der Waals surface area contributed by atoms with Gasteiger partial charge in [0.1, 0.15) is 0 Å². The van der Waals surface area contributed by atoms with E-state index in [9.17, 15) is 4.79 Å². The smallest absolute Gasteiger partial charge is 0.304 e. The molecule has 0 saturated heterocycles. The van der Waals surface area contributed by atoms with Gasteiger partial charge in [0, 0.05) is 10.9 Å². The molecular weight excluding hydrogens is 224 g/mol. The zero-order valence-corrected chi connectivity index (χ0v) is 9.91. The first-order valence-electron chi connectivity index (χ1n) is 4.78. The van der Waals surface area contributed by atoms with Gasteiger partial charge < -0.3 is 5.11 Å². The summed E-state index contributed by atoms with van der Waals surface area (Å²) in [5.74, 6) is -0.826. The van der Waals surface area contributed by atoms with Crippen LogP contribution < -0.4 is 0 Å². The third-order valence-electron chi connectivity index (χ3n) is 1.84. The maximum absolute atomic E-state index is 10.5. The summed E-state index contributed by atoms with van der Waals surface area (Å²) in [4.78, 5) is 14.8. The first-order valence-corrected chi connectivity index (χ1v) is 5.66. The summed E-state index contributed by atoms with van der Waals surface area (Å²) in [5, 5.41) is 18.1. The Morgan fingerprint density at radius 2 is 2.38 bits per heavy atom. The van der Waals surface area contributed by atoms with E-state index in [0.717, 1.165) is 5.69 Å². The molecule has 0 radical (unpaired) electrons. The van der Waals surface area contributed by atoms with Gasteiger partial charge in [-0.25, -0.2) is 4.98 Å². The Morgan fingerprint density at radius 1 is 1.69 bits per heavy atom. The number of hydrogen-bond donors (Lipinski definition) is 1. The molecule has 1 atom stereocenters. The second-order valence-corrected chi connectivity index (χ2v) is 4.93. The number of thioether (sulfide) groups is 1. The third-order valence-corrected chi connectivity index (χ3v) is 2.86. The van der Waals surface area contributed by atoms with Gasteiger partial charge in [0.05, 0.1) is 23.1 Å². The van der Waals surface area contributed by atoms with Gasteiger partial charge in [-0.3, -0.25) is 4.79 Å². The fraction of sp³-hybridized carbons (Fsp3) is 0.364. The molecule has 0 fully saturated rings. The fourth-order valence-electron chi connectivity index (χ4n) is 1.26. The van der Waals surface area contributed by atoms with E-state index in [1.807, 2.05) is 13.8 Å². The molecule has 0 aliphatic rings. The Balaban J connectivity index is 2.77. The van der Waals surface area contributed by atoms with Crippen molar-refractivity contribution in [2.45, 2.75) is 30.5 Å². The maximum Gasteiger partial charge on any atom is 0.304 e. The van der Waals surface area contributed by atoms with Gasteiger partial charge in [0.2, 0.25) is 0 Å². The Kier molecular flexibility index (Phi) is 4.32. The number of carbonyl (C=O) groups is 1. The van der Waals surface area contributed by atoms with E-state index in [-0.39, 0.29) is 11.7 Å². The lowest BCUT2D eigenvalue weighted by Gasteiger charge is -2.08. The van der Waals surface area contributed by atoms with E-state index in [1.165, 1.54) is 11.8 Å². The number of aryl methyl sites for hydroxylation is 1. The van der Waals surface area contributed by atoms with Crippen LogP contribution in [0, 0.1) is 18.3 Å². The summed E-state index contributed by atoms with van der Waals surface area (Å²) in [7, 11) is 0. The number of rotatable bonds is 4. The second kappa shape index (κ2) is 5.52. The molecule has 0 aliphatic heterocycles. The molecule has 0 aliphatic carbocycles. The van der Waals surface area contributed by atoms with Crippen LogP contribution in [-0.2, 0) is 4.79 Å². The van der Waals surface area contributed by atoms with Crippen molar-refractivity contribution in [1.82, 2.24) is 4.98 Å². The topological polar surface area (TPSA) is 74.0 Å². The van der Waals surface area contributed by atoms with E-state index >= 15 is 0 Å². The summed E-state index contributed by atoms with van der Waals surface area (Å²) < 4.78 is 0. The molecule has 0 saturated carbocycles. The molecule has 1 heterocycles. The van der Waals surface area contributed by atoms with Gasteiger partial charge in [-0.2, -0.15) is 5.26 Å². The normalized spacial score (nSPS) is 11.8. The molecule has 5 heteroatoms. The summed E-state index contributed by atoms with van der Waals surface area (Å²) in [6.45, 7) is 3.64. The molecule has 16 heavy (non-hydrogen) atoms. The number of nitrogens with zero attached hydrogens (tertiary/aromatic N) is 2. The highest BCUT2D eigenvalue weighted by molar-refractivity contribution is 7.99. The lowest BCUT2D eigenvalue weighted by Crippen LogP contribution is -2.06. The average molecular weight is 236 g/mol. The standard InChI is InChI=1S/C11H12N2O2S/c1-7-3-9(6-12)5-10(13-7)16-8(2)4-11(14)15/h3,5,8H,4H2,1-2H3,(H,14,15). The van der Waals surface area contributed by atoms with E-state index in [4.69, 9.17) is 10.4 Å². The Hall–Kier alpha value is -1.54. The van der Waals surface area contributed by atoms with Crippen LogP contribution in [0.4, 0.5) is 0 Å². The summed E-state index contributed by atoms with van der Waals surface area (Å²) in [5.41, 5.74) is 1.32. The molecule has 0 bridgehead atoms. The SMILES string of the molecule is Cc1cc(C#N)cc(SC(C)CC(=O)O)n1. The van der Waals surface area contributed by atoms with Gasteiger partial charge in [0.15, 0.2) is 0 Å². The Labute approximate surface area is 98.3 Å². The first-order chi connectivity index (χ1) is 7.51. The van der Waals surface area contributed by atoms with Gasteiger partial charge in [-0.1, -0.05) is 6.92 Å². The average Bonchev–Trinajstić information content (AvgIpc) is 2.14. The van der Waals surface area contributed by atoms with E-state index < -0.39 is 5.97 Å². The number of aromatic nitrogens is 1. The predicted octanol–water partition coefficient (Wildman–Crippen LogP) is 2.22. The maximum atomic E-state index is 10.5. The second-order valence-electron chi connectivity index (χ2n) is 3.47.